The maximum absolute atomic E-state index is 11.7. The molecule has 0 aromatic heterocycles. The number of benzene rings is 1. The third-order valence-electron chi connectivity index (χ3n) is 2.87. The highest BCUT2D eigenvalue weighted by molar-refractivity contribution is 5.90. The van der Waals surface area contributed by atoms with Crippen LogP contribution in [0.3, 0.4) is 0 Å². The topological polar surface area (TPSA) is 59.6 Å². The van der Waals surface area contributed by atoms with E-state index in [1.165, 1.54) is 0 Å². The summed E-state index contributed by atoms with van der Waals surface area (Å²) in [5.74, 6) is 0.643. The molecule has 0 spiro atoms. The first-order valence-corrected chi connectivity index (χ1v) is 6.09. The lowest BCUT2D eigenvalue weighted by Gasteiger charge is -2.13. The molecule has 1 aromatic rings. The fraction of sp³-hybridized carbons (Fsp3) is 0.462. The number of nitrogens with one attached hydrogen (secondary N) is 2. The smallest absolute Gasteiger partial charge is 0.319 e. The number of hydrogen-bond donors (Lipinski definition) is 2. The SMILES string of the molecule is COc1ccccc1NC(=O)NCC1CCCO1. The normalized spacial score (nSPS) is 18.4. The van der Waals surface area contributed by atoms with Gasteiger partial charge in [-0.15, -0.1) is 0 Å². The van der Waals surface area contributed by atoms with Crippen molar-refractivity contribution in [1.29, 1.82) is 0 Å². The number of carbonyl (C=O) groups excluding carboxylic acids is 1. The second kappa shape index (κ2) is 6.26. The number of hydrogen-bond acceptors (Lipinski definition) is 3. The van der Waals surface area contributed by atoms with Crippen LogP contribution in [0.15, 0.2) is 24.3 Å². The van der Waals surface area contributed by atoms with Crippen LogP contribution in [0, 0.1) is 0 Å². The molecular formula is C13H18N2O3. The van der Waals surface area contributed by atoms with E-state index in [1.807, 2.05) is 12.1 Å². The van der Waals surface area contributed by atoms with Crippen molar-refractivity contribution in [3.63, 3.8) is 0 Å². The Morgan fingerprint density at radius 1 is 1.50 bits per heavy atom. The van der Waals surface area contributed by atoms with Crippen molar-refractivity contribution in [1.82, 2.24) is 5.32 Å². The zero-order valence-electron chi connectivity index (χ0n) is 10.4. The summed E-state index contributed by atoms with van der Waals surface area (Å²) in [7, 11) is 1.57. The number of methoxy groups -OCH3 is 1. The Bertz CT molecular complexity index is 403. The molecule has 5 heteroatoms. The molecule has 1 fully saturated rings. The average molecular weight is 250 g/mol. The third-order valence-corrected chi connectivity index (χ3v) is 2.87. The van der Waals surface area contributed by atoms with Crippen LogP contribution in [-0.2, 0) is 4.74 Å². The molecule has 0 radical (unpaired) electrons. The lowest BCUT2D eigenvalue weighted by atomic mass is 10.2. The number of carbonyl (C=O) groups is 1. The van der Waals surface area contributed by atoms with Gasteiger partial charge in [0.05, 0.1) is 18.9 Å². The van der Waals surface area contributed by atoms with Gasteiger partial charge in [-0.25, -0.2) is 4.79 Å². The predicted octanol–water partition coefficient (Wildman–Crippen LogP) is 2.00. The highest BCUT2D eigenvalue weighted by Gasteiger charge is 2.16. The summed E-state index contributed by atoms with van der Waals surface area (Å²) in [6.07, 6.45) is 2.23. The quantitative estimate of drug-likeness (QED) is 0.859. The zero-order chi connectivity index (χ0) is 12.8. The van der Waals surface area contributed by atoms with E-state index in [0.29, 0.717) is 18.0 Å². The van der Waals surface area contributed by atoms with Gasteiger partial charge in [0.15, 0.2) is 0 Å². The van der Waals surface area contributed by atoms with Gasteiger partial charge in [0.1, 0.15) is 5.75 Å². The first-order valence-electron chi connectivity index (χ1n) is 6.09. The molecule has 1 aliphatic rings. The molecule has 98 valence electrons. The maximum atomic E-state index is 11.7. The van der Waals surface area contributed by atoms with E-state index in [4.69, 9.17) is 9.47 Å². The van der Waals surface area contributed by atoms with Gasteiger partial charge in [0, 0.05) is 13.2 Å². The van der Waals surface area contributed by atoms with Crippen LogP contribution in [0.1, 0.15) is 12.8 Å². The number of rotatable bonds is 4. The molecule has 1 aromatic carbocycles. The van der Waals surface area contributed by atoms with Gasteiger partial charge >= 0.3 is 6.03 Å². The summed E-state index contributed by atoms with van der Waals surface area (Å²) in [4.78, 5) is 11.7. The van der Waals surface area contributed by atoms with Gasteiger partial charge < -0.3 is 20.1 Å². The van der Waals surface area contributed by atoms with Crippen molar-refractivity contribution in [2.24, 2.45) is 0 Å². The minimum atomic E-state index is -0.241. The first kappa shape index (κ1) is 12.7. The second-order valence-corrected chi connectivity index (χ2v) is 4.17. The largest absolute Gasteiger partial charge is 0.495 e. The van der Waals surface area contributed by atoms with Crippen molar-refractivity contribution < 1.29 is 14.3 Å². The average Bonchev–Trinajstić information content (AvgIpc) is 2.90. The molecule has 18 heavy (non-hydrogen) atoms. The molecule has 2 N–H and O–H groups in total. The minimum Gasteiger partial charge on any atom is -0.495 e. The van der Waals surface area contributed by atoms with Gasteiger partial charge in [0.25, 0.3) is 0 Å². The fourth-order valence-electron chi connectivity index (χ4n) is 1.93. The molecule has 1 atom stereocenters. The molecule has 1 saturated heterocycles. The molecule has 2 rings (SSSR count). The van der Waals surface area contributed by atoms with E-state index >= 15 is 0 Å². The third kappa shape index (κ3) is 3.37. The zero-order valence-corrected chi connectivity index (χ0v) is 10.4. The van der Waals surface area contributed by atoms with Crippen LogP contribution in [0.25, 0.3) is 0 Å². The van der Waals surface area contributed by atoms with E-state index in [-0.39, 0.29) is 12.1 Å². The number of urea groups is 1. The second-order valence-electron chi connectivity index (χ2n) is 4.17. The van der Waals surface area contributed by atoms with Crippen molar-refractivity contribution in [3.05, 3.63) is 24.3 Å². The van der Waals surface area contributed by atoms with Crippen LogP contribution in [0.5, 0.6) is 5.75 Å². The van der Waals surface area contributed by atoms with Crippen LogP contribution in [0.2, 0.25) is 0 Å². The van der Waals surface area contributed by atoms with E-state index < -0.39 is 0 Å². The molecule has 0 bridgehead atoms. The van der Waals surface area contributed by atoms with Gasteiger partial charge in [-0.1, -0.05) is 12.1 Å². The van der Waals surface area contributed by atoms with Crippen LogP contribution in [0.4, 0.5) is 10.5 Å². The Morgan fingerprint density at radius 2 is 2.33 bits per heavy atom. The number of para-hydroxylation sites is 2. The molecule has 1 aliphatic heterocycles. The molecule has 2 amide bonds. The lowest BCUT2D eigenvalue weighted by Crippen LogP contribution is -2.35. The summed E-state index contributed by atoms with van der Waals surface area (Å²) in [5, 5.41) is 5.55. The van der Waals surface area contributed by atoms with Gasteiger partial charge in [-0.05, 0) is 25.0 Å². The predicted molar refractivity (Wildman–Crippen MR) is 69.0 cm³/mol. The molecular weight excluding hydrogens is 232 g/mol. The minimum absolute atomic E-state index is 0.147. The van der Waals surface area contributed by atoms with E-state index in [0.717, 1.165) is 19.4 Å². The van der Waals surface area contributed by atoms with Crippen LogP contribution < -0.4 is 15.4 Å². The molecule has 1 heterocycles. The number of anilines is 1. The molecule has 1 unspecified atom stereocenters. The summed E-state index contributed by atoms with van der Waals surface area (Å²) >= 11 is 0. The first-order chi connectivity index (χ1) is 8.79. The van der Waals surface area contributed by atoms with Gasteiger partial charge in [-0.3, -0.25) is 0 Å². The van der Waals surface area contributed by atoms with Crippen LogP contribution >= 0.6 is 0 Å². The van der Waals surface area contributed by atoms with Crippen molar-refractivity contribution in [3.8, 4) is 5.75 Å². The summed E-state index contributed by atoms with van der Waals surface area (Å²) < 4.78 is 10.6. The standard InChI is InChI=1S/C13H18N2O3/c1-17-12-7-3-2-6-11(12)15-13(16)14-9-10-5-4-8-18-10/h2-3,6-7,10H,4-5,8-9H2,1H3,(H2,14,15,16). The highest BCUT2D eigenvalue weighted by atomic mass is 16.5. The monoisotopic (exact) mass is 250 g/mol. The van der Waals surface area contributed by atoms with Gasteiger partial charge in [0.2, 0.25) is 0 Å². The molecule has 0 saturated carbocycles. The molecule has 0 aliphatic carbocycles. The molecule has 5 nitrogen and oxygen atoms in total. The Labute approximate surface area is 106 Å². The summed E-state index contributed by atoms with van der Waals surface area (Å²) in [5.41, 5.74) is 0.657. The number of amides is 2. The Balaban J connectivity index is 1.82. The van der Waals surface area contributed by atoms with Gasteiger partial charge in [-0.2, -0.15) is 0 Å². The highest BCUT2D eigenvalue weighted by Crippen LogP contribution is 2.22. The lowest BCUT2D eigenvalue weighted by molar-refractivity contribution is 0.112. The van der Waals surface area contributed by atoms with Crippen molar-refractivity contribution >= 4 is 11.7 Å². The Kier molecular flexibility index (Phi) is 4.41. The Morgan fingerprint density at radius 3 is 3.06 bits per heavy atom. The maximum Gasteiger partial charge on any atom is 0.319 e. The fourth-order valence-corrected chi connectivity index (χ4v) is 1.93. The van der Waals surface area contributed by atoms with E-state index in [2.05, 4.69) is 10.6 Å². The van der Waals surface area contributed by atoms with Crippen molar-refractivity contribution in [2.45, 2.75) is 18.9 Å². The Hall–Kier alpha value is -1.75. The number of ether oxygens (including phenoxy) is 2. The van der Waals surface area contributed by atoms with Crippen molar-refractivity contribution in [2.75, 3.05) is 25.6 Å². The van der Waals surface area contributed by atoms with E-state index in [1.54, 1.807) is 19.2 Å². The summed E-state index contributed by atoms with van der Waals surface area (Å²) in [6.45, 7) is 1.33. The van der Waals surface area contributed by atoms with Crippen LogP contribution in [-0.4, -0.2) is 32.4 Å². The summed E-state index contributed by atoms with van der Waals surface area (Å²) in [6, 6.07) is 7.06. The van der Waals surface area contributed by atoms with E-state index in [9.17, 15) is 4.79 Å².